The van der Waals surface area contributed by atoms with Crippen molar-refractivity contribution in [3.63, 3.8) is 0 Å². The zero-order chi connectivity index (χ0) is 10.3. The van der Waals surface area contributed by atoms with Crippen molar-refractivity contribution in [2.24, 2.45) is 5.92 Å². The average Bonchev–Trinajstić information content (AvgIpc) is 2.66. The zero-order valence-corrected chi connectivity index (χ0v) is 9.42. The number of benzene rings is 1. The summed E-state index contributed by atoms with van der Waals surface area (Å²) in [5.74, 6) is 0.940. The van der Waals surface area contributed by atoms with Crippen LogP contribution < -0.4 is 0 Å². The fraction of sp³-hybridized carbons (Fsp3) is 0.467. The number of allylic oxidation sites excluding steroid dienone is 2. The van der Waals surface area contributed by atoms with E-state index in [4.69, 9.17) is 0 Å². The molecule has 1 unspecified atom stereocenters. The van der Waals surface area contributed by atoms with Gasteiger partial charge in [0.05, 0.1) is 0 Å². The van der Waals surface area contributed by atoms with Crippen molar-refractivity contribution >= 4 is 5.57 Å². The summed E-state index contributed by atoms with van der Waals surface area (Å²) in [4.78, 5) is 0. The quantitative estimate of drug-likeness (QED) is 0.634. The summed E-state index contributed by atoms with van der Waals surface area (Å²) in [5.41, 5.74) is 6.56. The minimum Gasteiger partial charge on any atom is -0.0651 e. The van der Waals surface area contributed by atoms with Gasteiger partial charge in [-0.1, -0.05) is 43.2 Å². The van der Waals surface area contributed by atoms with Gasteiger partial charge < -0.3 is 0 Å². The molecule has 0 heterocycles. The molecule has 0 amide bonds. The van der Waals surface area contributed by atoms with Crippen molar-refractivity contribution < 1.29 is 0 Å². The Morgan fingerprint density at radius 2 is 2.13 bits per heavy atom. The normalized spacial score (nSPS) is 23.9. The third-order valence-corrected chi connectivity index (χ3v) is 4.10. The van der Waals surface area contributed by atoms with E-state index >= 15 is 0 Å². The molecule has 1 aromatic rings. The van der Waals surface area contributed by atoms with E-state index in [1.807, 2.05) is 0 Å². The van der Waals surface area contributed by atoms with Crippen LogP contribution in [-0.4, -0.2) is 0 Å². The maximum absolute atomic E-state index is 2.33. The Labute approximate surface area is 92.0 Å². The largest absolute Gasteiger partial charge is 0.0651 e. The summed E-state index contributed by atoms with van der Waals surface area (Å²) < 4.78 is 0. The Bertz CT molecular complexity index is 412. The van der Waals surface area contributed by atoms with Gasteiger partial charge in [-0.3, -0.25) is 0 Å². The SMILES string of the molecule is CCC1CCC2=C(C1)c1ccccc1C2. The highest BCUT2D eigenvalue weighted by molar-refractivity contribution is 5.77. The number of rotatable bonds is 1. The number of fused-ring (bicyclic) bond motifs is 2. The van der Waals surface area contributed by atoms with Crippen LogP contribution in [0, 0.1) is 5.92 Å². The second-order valence-electron chi connectivity index (χ2n) is 4.93. The van der Waals surface area contributed by atoms with E-state index < -0.39 is 0 Å². The van der Waals surface area contributed by atoms with E-state index in [2.05, 4.69) is 31.2 Å². The molecule has 15 heavy (non-hydrogen) atoms. The van der Waals surface area contributed by atoms with Crippen LogP contribution in [0.25, 0.3) is 5.57 Å². The summed E-state index contributed by atoms with van der Waals surface area (Å²) in [6.45, 7) is 2.33. The summed E-state index contributed by atoms with van der Waals surface area (Å²) in [5, 5.41) is 0. The highest BCUT2D eigenvalue weighted by Gasteiger charge is 2.26. The second-order valence-corrected chi connectivity index (χ2v) is 4.93. The Kier molecular flexibility index (Phi) is 2.16. The third-order valence-electron chi connectivity index (χ3n) is 4.10. The van der Waals surface area contributed by atoms with Crippen LogP contribution in [0.15, 0.2) is 29.8 Å². The maximum atomic E-state index is 2.33. The van der Waals surface area contributed by atoms with Crippen LogP contribution in [0.2, 0.25) is 0 Å². The van der Waals surface area contributed by atoms with Crippen molar-refractivity contribution in [1.82, 2.24) is 0 Å². The van der Waals surface area contributed by atoms with Gasteiger partial charge in [-0.2, -0.15) is 0 Å². The Morgan fingerprint density at radius 3 is 3.00 bits per heavy atom. The van der Waals surface area contributed by atoms with Crippen molar-refractivity contribution in [3.05, 3.63) is 41.0 Å². The van der Waals surface area contributed by atoms with Gasteiger partial charge in [-0.25, -0.2) is 0 Å². The molecule has 0 bridgehead atoms. The number of hydrogen-bond acceptors (Lipinski definition) is 0. The molecule has 0 aliphatic heterocycles. The average molecular weight is 198 g/mol. The summed E-state index contributed by atoms with van der Waals surface area (Å²) in [7, 11) is 0. The summed E-state index contributed by atoms with van der Waals surface area (Å²) >= 11 is 0. The minimum absolute atomic E-state index is 0.940. The molecule has 0 fully saturated rings. The first-order chi connectivity index (χ1) is 7.38. The summed E-state index contributed by atoms with van der Waals surface area (Å²) in [6.07, 6.45) is 6.69. The highest BCUT2D eigenvalue weighted by atomic mass is 14.3. The second kappa shape index (κ2) is 3.52. The predicted molar refractivity (Wildman–Crippen MR) is 64.7 cm³/mol. The van der Waals surface area contributed by atoms with Gasteiger partial charge in [0.25, 0.3) is 0 Å². The van der Waals surface area contributed by atoms with Gasteiger partial charge in [-0.05, 0) is 48.3 Å². The molecule has 0 saturated heterocycles. The van der Waals surface area contributed by atoms with Crippen molar-refractivity contribution in [2.75, 3.05) is 0 Å². The van der Waals surface area contributed by atoms with E-state index in [-0.39, 0.29) is 0 Å². The molecule has 0 spiro atoms. The van der Waals surface area contributed by atoms with Gasteiger partial charge in [0.15, 0.2) is 0 Å². The number of hydrogen-bond donors (Lipinski definition) is 0. The van der Waals surface area contributed by atoms with Crippen LogP contribution in [0.4, 0.5) is 0 Å². The molecular weight excluding hydrogens is 180 g/mol. The first-order valence-corrected chi connectivity index (χ1v) is 6.17. The van der Waals surface area contributed by atoms with E-state index in [0.29, 0.717) is 0 Å². The van der Waals surface area contributed by atoms with Crippen LogP contribution in [0.3, 0.4) is 0 Å². The van der Waals surface area contributed by atoms with E-state index in [1.54, 1.807) is 22.3 Å². The third kappa shape index (κ3) is 1.43. The molecule has 0 heteroatoms. The van der Waals surface area contributed by atoms with Gasteiger partial charge in [0.1, 0.15) is 0 Å². The van der Waals surface area contributed by atoms with Gasteiger partial charge in [0, 0.05) is 0 Å². The van der Waals surface area contributed by atoms with Crippen LogP contribution in [0.5, 0.6) is 0 Å². The lowest BCUT2D eigenvalue weighted by Crippen LogP contribution is -2.06. The van der Waals surface area contributed by atoms with Gasteiger partial charge >= 0.3 is 0 Å². The molecule has 2 aliphatic carbocycles. The molecule has 2 aliphatic rings. The lowest BCUT2D eigenvalue weighted by molar-refractivity contribution is 0.464. The highest BCUT2D eigenvalue weighted by Crippen LogP contribution is 2.43. The lowest BCUT2D eigenvalue weighted by atomic mass is 9.82. The first kappa shape index (κ1) is 9.21. The van der Waals surface area contributed by atoms with E-state index in [1.165, 1.54) is 32.1 Å². The van der Waals surface area contributed by atoms with Gasteiger partial charge in [-0.15, -0.1) is 0 Å². The molecule has 0 radical (unpaired) electrons. The standard InChI is InChI=1S/C15H18/c1-2-11-7-8-13-10-12-5-3-4-6-14(12)15(13)9-11/h3-6,11H,2,7-10H2,1H3. The summed E-state index contributed by atoms with van der Waals surface area (Å²) in [6, 6.07) is 8.98. The zero-order valence-electron chi connectivity index (χ0n) is 9.42. The fourth-order valence-electron chi connectivity index (χ4n) is 3.11. The first-order valence-electron chi connectivity index (χ1n) is 6.17. The van der Waals surface area contributed by atoms with Crippen molar-refractivity contribution in [2.45, 2.75) is 39.0 Å². The fourth-order valence-corrected chi connectivity index (χ4v) is 3.11. The molecule has 0 N–H and O–H groups in total. The molecule has 0 aromatic heterocycles. The lowest BCUT2D eigenvalue weighted by Gasteiger charge is -2.23. The van der Waals surface area contributed by atoms with Crippen molar-refractivity contribution in [1.29, 1.82) is 0 Å². The van der Waals surface area contributed by atoms with Crippen LogP contribution in [-0.2, 0) is 6.42 Å². The Hall–Kier alpha value is -1.04. The Balaban J connectivity index is 1.98. The molecule has 78 valence electrons. The van der Waals surface area contributed by atoms with Gasteiger partial charge in [0.2, 0.25) is 0 Å². The molecule has 0 saturated carbocycles. The maximum Gasteiger partial charge on any atom is -0.00550 e. The molecule has 0 nitrogen and oxygen atoms in total. The molecule has 1 aromatic carbocycles. The van der Waals surface area contributed by atoms with E-state index in [9.17, 15) is 0 Å². The molecule has 3 rings (SSSR count). The predicted octanol–water partition coefficient (Wildman–Crippen LogP) is 4.21. The monoisotopic (exact) mass is 198 g/mol. The Morgan fingerprint density at radius 1 is 1.27 bits per heavy atom. The topological polar surface area (TPSA) is 0 Å². The smallest absolute Gasteiger partial charge is 0.00550 e. The molecule has 1 atom stereocenters. The molecular formula is C15H18. The van der Waals surface area contributed by atoms with Crippen LogP contribution >= 0.6 is 0 Å². The minimum atomic E-state index is 0.940. The van der Waals surface area contributed by atoms with Crippen molar-refractivity contribution in [3.8, 4) is 0 Å². The van der Waals surface area contributed by atoms with E-state index in [0.717, 1.165) is 5.92 Å². The van der Waals surface area contributed by atoms with Crippen LogP contribution in [0.1, 0.15) is 43.7 Å².